The summed E-state index contributed by atoms with van der Waals surface area (Å²) in [6, 6.07) is 14.1. The molecule has 6 nitrogen and oxygen atoms in total. The molecule has 0 radical (unpaired) electrons. The number of nitrogens with one attached hydrogen (secondary N) is 2. The van der Waals surface area contributed by atoms with Crippen LogP contribution in [0.1, 0.15) is 41.7 Å². The SMILES string of the molecule is CC1Sc2ccc(C(=O)NC(CCC(=O)O)c3ccccc3)cc2NC1=O. The van der Waals surface area contributed by atoms with Gasteiger partial charge >= 0.3 is 5.97 Å². The van der Waals surface area contributed by atoms with Crippen LogP contribution in [-0.2, 0) is 9.59 Å². The first-order valence-corrected chi connectivity index (χ1v) is 9.51. The third-order valence-corrected chi connectivity index (χ3v) is 5.50. The Hall–Kier alpha value is -2.80. The molecule has 0 spiro atoms. The second kappa shape index (κ2) is 8.26. The van der Waals surface area contributed by atoms with E-state index in [1.807, 2.05) is 43.3 Å². The van der Waals surface area contributed by atoms with E-state index in [4.69, 9.17) is 5.11 Å². The predicted octanol–water partition coefficient (Wildman–Crippen LogP) is 3.46. The molecule has 2 aromatic rings. The number of aliphatic carboxylic acids is 1. The van der Waals surface area contributed by atoms with Gasteiger partial charge in [0.05, 0.1) is 17.0 Å². The summed E-state index contributed by atoms with van der Waals surface area (Å²) in [5.41, 5.74) is 1.89. The van der Waals surface area contributed by atoms with Crippen LogP contribution in [0.2, 0.25) is 0 Å². The van der Waals surface area contributed by atoms with Gasteiger partial charge < -0.3 is 15.7 Å². The van der Waals surface area contributed by atoms with E-state index < -0.39 is 12.0 Å². The van der Waals surface area contributed by atoms with Gasteiger partial charge in [0.1, 0.15) is 0 Å². The molecule has 0 aliphatic carbocycles. The van der Waals surface area contributed by atoms with E-state index in [2.05, 4.69) is 10.6 Å². The lowest BCUT2D eigenvalue weighted by Gasteiger charge is -2.22. The fourth-order valence-electron chi connectivity index (χ4n) is 2.87. The summed E-state index contributed by atoms with van der Waals surface area (Å²) in [5.74, 6) is -1.31. The average Bonchev–Trinajstić information content (AvgIpc) is 2.66. The number of carbonyl (C=O) groups is 3. The van der Waals surface area contributed by atoms with Crippen molar-refractivity contribution in [2.75, 3.05) is 5.32 Å². The number of rotatable bonds is 6. The zero-order valence-electron chi connectivity index (χ0n) is 14.8. The number of carbonyl (C=O) groups excluding carboxylic acids is 2. The lowest BCUT2D eigenvalue weighted by molar-refractivity contribution is -0.137. The molecule has 1 heterocycles. The van der Waals surface area contributed by atoms with E-state index in [1.54, 1.807) is 12.1 Å². The van der Waals surface area contributed by atoms with Crippen molar-refractivity contribution in [2.24, 2.45) is 0 Å². The largest absolute Gasteiger partial charge is 0.481 e. The van der Waals surface area contributed by atoms with Gasteiger partial charge in [-0.25, -0.2) is 0 Å². The van der Waals surface area contributed by atoms with Crippen LogP contribution in [0.5, 0.6) is 0 Å². The fraction of sp³-hybridized carbons (Fsp3) is 0.250. The third kappa shape index (κ3) is 4.68. The number of carboxylic acids is 1. The number of thioether (sulfide) groups is 1. The highest BCUT2D eigenvalue weighted by molar-refractivity contribution is 8.00. The topological polar surface area (TPSA) is 95.5 Å². The monoisotopic (exact) mass is 384 g/mol. The maximum atomic E-state index is 12.7. The summed E-state index contributed by atoms with van der Waals surface area (Å²) in [5, 5.41) is 14.5. The second-order valence-electron chi connectivity index (χ2n) is 6.33. The van der Waals surface area contributed by atoms with Crippen LogP contribution in [0.4, 0.5) is 5.69 Å². The first kappa shape index (κ1) is 19.0. The zero-order valence-corrected chi connectivity index (χ0v) is 15.6. The maximum absolute atomic E-state index is 12.7. The fourth-order valence-corrected chi connectivity index (χ4v) is 3.80. The third-order valence-electron chi connectivity index (χ3n) is 4.33. The van der Waals surface area contributed by atoms with Gasteiger partial charge in [0.2, 0.25) is 5.91 Å². The van der Waals surface area contributed by atoms with E-state index in [-0.39, 0.29) is 23.5 Å². The van der Waals surface area contributed by atoms with Crippen molar-refractivity contribution < 1.29 is 19.5 Å². The van der Waals surface area contributed by atoms with Crippen molar-refractivity contribution in [3.05, 3.63) is 59.7 Å². The minimum atomic E-state index is -0.909. The smallest absolute Gasteiger partial charge is 0.303 e. The molecule has 3 N–H and O–H groups in total. The van der Waals surface area contributed by atoms with Crippen LogP contribution >= 0.6 is 11.8 Å². The summed E-state index contributed by atoms with van der Waals surface area (Å²) >= 11 is 1.45. The van der Waals surface area contributed by atoms with Crippen LogP contribution in [-0.4, -0.2) is 28.1 Å². The van der Waals surface area contributed by atoms with Crippen molar-refractivity contribution >= 4 is 35.2 Å². The molecule has 140 valence electrons. The Morgan fingerprint density at radius 1 is 1.22 bits per heavy atom. The average molecular weight is 384 g/mol. The summed E-state index contributed by atoms with van der Waals surface area (Å²) in [6.45, 7) is 1.83. The van der Waals surface area contributed by atoms with Gasteiger partial charge in [0.25, 0.3) is 5.91 Å². The number of fused-ring (bicyclic) bond motifs is 1. The number of benzene rings is 2. The van der Waals surface area contributed by atoms with Crippen molar-refractivity contribution in [1.82, 2.24) is 5.32 Å². The molecule has 0 saturated heterocycles. The molecule has 1 aliphatic rings. The van der Waals surface area contributed by atoms with Gasteiger partial charge in [-0.3, -0.25) is 14.4 Å². The minimum absolute atomic E-state index is 0.0470. The molecule has 2 aromatic carbocycles. The van der Waals surface area contributed by atoms with E-state index in [1.165, 1.54) is 11.8 Å². The summed E-state index contributed by atoms with van der Waals surface area (Å²) < 4.78 is 0. The Bertz CT molecular complexity index is 870. The lowest BCUT2D eigenvalue weighted by atomic mass is 10.0. The van der Waals surface area contributed by atoms with Crippen LogP contribution in [0.15, 0.2) is 53.4 Å². The highest BCUT2D eigenvalue weighted by Crippen LogP contribution is 2.36. The Kier molecular flexibility index (Phi) is 5.81. The molecule has 0 bridgehead atoms. The van der Waals surface area contributed by atoms with E-state index in [9.17, 15) is 14.4 Å². The first-order chi connectivity index (χ1) is 12.9. The molecule has 7 heteroatoms. The first-order valence-electron chi connectivity index (χ1n) is 8.63. The lowest BCUT2D eigenvalue weighted by Crippen LogP contribution is -2.30. The molecule has 2 unspecified atom stereocenters. The van der Waals surface area contributed by atoms with E-state index in [0.717, 1.165) is 10.5 Å². The molecule has 0 saturated carbocycles. The number of carboxylic acid groups (broad SMARTS) is 1. The summed E-state index contributed by atoms with van der Waals surface area (Å²) in [7, 11) is 0. The molecular formula is C20H20N2O4S. The maximum Gasteiger partial charge on any atom is 0.303 e. The minimum Gasteiger partial charge on any atom is -0.481 e. The van der Waals surface area contributed by atoms with Gasteiger partial charge in [-0.15, -0.1) is 11.8 Å². The van der Waals surface area contributed by atoms with Crippen molar-refractivity contribution in [2.45, 2.75) is 36.0 Å². The van der Waals surface area contributed by atoms with Gasteiger partial charge in [0.15, 0.2) is 0 Å². The second-order valence-corrected chi connectivity index (χ2v) is 7.71. The Balaban J connectivity index is 1.78. The zero-order chi connectivity index (χ0) is 19.4. The molecule has 2 amide bonds. The molecule has 3 rings (SSSR count). The molecular weight excluding hydrogens is 364 g/mol. The molecule has 27 heavy (non-hydrogen) atoms. The summed E-state index contributed by atoms with van der Waals surface area (Å²) in [4.78, 5) is 36.5. The van der Waals surface area contributed by atoms with Crippen molar-refractivity contribution in [3.63, 3.8) is 0 Å². The van der Waals surface area contributed by atoms with Crippen LogP contribution in [0, 0.1) is 0 Å². The summed E-state index contributed by atoms with van der Waals surface area (Å²) in [6.07, 6.45) is 0.245. The van der Waals surface area contributed by atoms with Gasteiger partial charge in [-0.2, -0.15) is 0 Å². The van der Waals surface area contributed by atoms with Crippen molar-refractivity contribution in [3.8, 4) is 0 Å². The highest BCUT2D eigenvalue weighted by atomic mass is 32.2. The Morgan fingerprint density at radius 2 is 1.96 bits per heavy atom. The predicted molar refractivity (Wildman–Crippen MR) is 104 cm³/mol. The normalized spacial score (nSPS) is 16.8. The van der Waals surface area contributed by atoms with E-state index >= 15 is 0 Å². The van der Waals surface area contributed by atoms with Gasteiger partial charge in [-0.1, -0.05) is 30.3 Å². The van der Waals surface area contributed by atoms with Gasteiger partial charge in [-0.05, 0) is 37.1 Å². The number of anilines is 1. The number of hydrogen-bond acceptors (Lipinski definition) is 4. The van der Waals surface area contributed by atoms with Crippen LogP contribution in [0.3, 0.4) is 0 Å². The standard InChI is InChI=1S/C20H20N2O4S/c1-12-19(25)22-16-11-14(7-9-17(16)27-12)20(26)21-15(8-10-18(23)24)13-5-3-2-4-6-13/h2-7,9,11-12,15H,8,10H2,1H3,(H,21,26)(H,22,25)(H,23,24). The number of amides is 2. The molecule has 1 aliphatic heterocycles. The van der Waals surface area contributed by atoms with Crippen LogP contribution < -0.4 is 10.6 Å². The van der Waals surface area contributed by atoms with Crippen molar-refractivity contribution in [1.29, 1.82) is 0 Å². The van der Waals surface area contributed by atoms with Crippen LogP contribution in [0.25, 0.3) is 0 Å². The number of hydrogen-bond donors (Lipinski definition) is 3. The molecule has 0 aromatic heterocycles. The highest BCUT2D eigenvalue weighted by Gasteiger charge is 2.24. The Labute approximate surface area is 161 Å². The molecule has 2 atom stereocenters. The Morgan fingerprint density at radius 3 is 2.67 bits per heavy atom. The molecule has 0 fully saturated rings. The quantitative estimate of drug-likeness (QED) is 0.709. The van der Waals surface area contributed by atoms with Gasteiger partial charge in [0, 0.05) is 16.9 Å². The van der Waals surface area contributed by atoms with E-state index in [0.29, 0.717) is 17.7 Å².